The van der Waals surface area contributed by atoms with Crippen molar-refractivity contribution in [3.05, 3.63) is 53.0 Å². The number of carbonyl (C=O) groups is 1. The van der Waals surface area contributed by atoms with E-state index in [1.165, 1.54) is 11.3 Å². The van der Waals surface area contributed by atoms with E-state index in [0.29, 0.717) is 5.13 Å². The van der Waals surface area contributed by atoms with E-state index in [-0.39, 0.29) is 30.3 Å². The van der Waals surface area contributed by atoms with E-state index in [1.54, 1.807) is 23.5 Å². The van der Waals surface area contributed by atoms with Crippen LogP contribution in [0.3, 0.4) is 0 Å². The van der Waals surface area contributed by atoms with Crippen molar-refractivity contribution in [1.29, 1.82) is 0 Å². The normalized spacial score (nSPS) is 11.9. The van der Waals surface area contributed by atoms with Crippen LogP contribution in [-0.2, 0) is 20.4 Å². The fraction of sp³-hybridized carbons (Fsp3) is 0.250. The summed E-state index contributed by atoms with van der Waals surface area (Å²) in [5.41, 5.74) is 2.52. The number of benzene rings is 2. The van der Waals surface area contributed by atoms with Crippen LogP contribution in [0.4, 0.5) is 5.13 Å². The average Bonchev–Trinajstić information content (AvgIpc) is 3.23. The lowest BCUT2D eigenvalue weighted by Crippen LogP contribution is -2.15. The smallest absolute Gasteiger partial charge is 0.226 e. The minimum absolute atomic E-state index is 0.00239. The molecule has 0 saturated heterocycles. The number of rotatable bonds is 7. The van der Waals surface area contributed by atoms with Crippen molar-refractivity contribution in [2.45, 2.75) is 25.5 Å². The van der Waals surface area contributed by atoms with Gasteiger partial charge in [0.1, 0.15) is 0 Å². The predicted octanol–water partition coefficient (Wildman–Crippen LogP) is 4.55. The van der Waals surface area contributed by atoms with E-state index < -0.39 is 9.84 Å². The Kier molecular flexibility index (Phi) is 5.62. The SMILES string of the molecule is Cc1nc2ccc3nc(NC(=O)CCCS(=O)(=O)Cc4ccccc4)sc3c2s1. The molecule has 0 aliphatic rings. The van der Waals surface area contributed by atoms with E-state index in [4.69, 9.17) is 0 Å². The van der Waals surface area contributed by atoms with Crippen LogP contribution in [0.5, 0.6) is 0 Å². The van der Waals surface area contributed by atoms with Crippen molar-refractivity contribution in [3.63, 3.8) is 0 Å². The van der Waals surface area contributed by atoms with Crippen LogP contribution < -0.4 is 5.32 Å². The molecule has 2 aromatic heterocycles. The number of nitrogens with one attached hydrogen (secondary N) is 1. The molecule has 150 valence electrons. The summed E-state index contributed by atoms with van der Waals surface area (Å²) in [7, 11) is -3.24. The topological polar surface area (TPSA) is 89.0 Å². The number of aromatic nitrogens is 2. The van der Waals surface area contributed by atoms with Gasteiger partial charge in [-0.05, 0) is 31.0 Å². The highest BCUT2D eigenvalue weighted by Crippen LogP contribution is 2.35. The molecule has 9 heteroatoms. The molecule has 0 saturated carbocycles. The summed E-state index contributed by atoms with van der Waals surface area (Å²) in [6.07, 6.45) is 0.420. The molecule has 0 radical (unpaired) electrons. The lowest BCUT2D eigenvalue weighted by Gasteiger charge is -2.05. The van der Waals surface area contributed by atoms with Crippen molar-refractivity contribution in [1.82, 2.24) is 9.97 Å². The number of hydrogen-bond acceptors (Lipinski definition) is 7. The maximum absolute atomic E-state index is 12.3. The molecule has 0 atom stereocenters. The molecule has 0 bridgehead atoms. The summed E-state index contributed by atoms with van der Waals surface area (Å²) in [4.78, 5) is 21.2. The number of fused-ring (bicyclic) bond motifs is 3. The summed E-state index contributed by atoms with van der Waals surface area (Å²) < 4.78 is 26.6. The summed E-state index contributed by atoms with van der Waals surface area (Å²) >= 11 is 3.03. The molecule has 0 aliphatic heterocycles. The molecule has 0 unspecified atom stereocenters. The second kappa shape index (κ2) is 8.17. The second-order valence-electron chi connectivity index (χ2n) is 6.74. The third-order valence-corrected chi connectivity index (χ3v) is 8.18. The Morgan fingerprint density at radius 1 is 1.00 bits per heavy atom. The molecular weight excluding hydrogens is 426 g/mol. The van der Waals surface area contributed by atoms with Gasteiger partial charge >= 0.3 is 0 Å². The molecule has 2 aromatic carbocycles. The van der Waals surface area contributed by atoms with Crippen molar-refractivity contribution < 1.29 is 13.2 Å². The zero-order valence-electron chi connectivity index (χ0n) is 15.7. The molecule has 0 fully saturated rings. The number of hydrogen-bond donors (Lipinski definition) is 1. The van der Waals surface area contributed by atoms with Gasteiger partial charge in [0.2, 0.25) is 5.91 Å². The van der Waals surface area contributed by atoms with Crippen molar-refractivity contribution >= 4 is 64.0 Å². The number of nitrogens with zero attached hydrogens (tertiary/aromatic N) is 2. The van der Waals surface area contributed by atoms with Crippen LogP contribution in [0.15, 0.2) is 42.5 Å². The van der Waals surface area contributed by atoms with Gasteiger partial charge in [0.25, 0.3) is 0 Å². The number of sulfone groups is 1. The zero-order valence-corrected chi connectivity index (χ0v) is 18.2. The predicted molar refractivity (Wildman–Crippen MR) is 119 cm³/mol. The maximum Gasteiger partial charge on any atom is 0.226 e. The molecule has 6 nitrogen and oxygen atoms in total. The average molecular weight is 446 g/mol. The van der Waals surface area contributed by atoms with E-state index in [2.05, 4.69) is 15.3 Å². The third-order valence-electron chi connectivity index (χ3n) is 4.35. The summed E-state index contributed by atoms with van der Waals surface area (Å²) in [5, 5.41) is 4.31. The first-order chi connectivity index (χ1) is 13.9. The van der Waals surface area contributed by atoms with Gasteiger partial charge in [-0.2, -0.15) is 0 Å². The summed E-state index contributed by atoms with van der Waals surface area (Å²) in [6, 6.07) is 12.9. The Bertz CT molecular complexity index is 1280. The highest BCUT2D eigenvalue weighted by Gasteiger charge is 2.15. The molecule has 29 heavy (non-hydrogen) atoms. The second-order valence-corrected chi connectivity index (χ2v) is 11.1. The standard InChI is InChI=1S/C20H19N3O3S3/c1-13-21-15-9-10-16-19(18(15)27-13)28-20(22-16)23-17(24)8-5-11-29(25,26)12-14-6-3-2-4-7-14/h2-4,6-7,9-10H,5,8,11-12H2,1H3,(H,22,23,24). The monoisotopic (exact) mass is 445 g/mol. The van der Waals surface area contributed by atoms with Crippen LogP contribution in [-0.4, -0.2) is 30.0 Å². The fourth-order valence-electron chi connectivity index (χ4n) is 3.07. The Balaban J connectivity index is 1.35. The lowest BCUT2D eigenvalue weighted by molar-refractivity contribution is -0.116. The largest absolute Gasteiger partial charge is 0.302 e. The van der Waals surface area contributed by atoms with Gasteiger partial charge in [-0.3, -0.25) is 4.79 Å². The third kappa shape index (κ3) is 4.80. The van der Waals surface area contributed by atoms with Crippen molar-refractivity contribution in [2.75, 3.05) is 11.1 Å². The van der Waals surface area contributed by atoms with Gasteiger partial charge in [0, 0.05) is 6.42 Å². The number of aryl methyl sites for hydroxylation is 1. The fourth-order valence-corrected chi connectivity index (χ4v) is 6.52. The summed E-state index contributed by atoms with van der Waals surface area (Å²) in [6.45, 7) is 1.96. The molecule has 0 aliphatic carbocycles. The number of carbonyl (C=O) groups excluding carboxylic acids is 1. The molecule has 1 amide bonds. The van der Waals surface area contributed by atoms with Crippen LogP contribution in [0, 0.1) is 6.92 Å². The summed E-state index contributed by atoms with van der Waals surface area (Å²) in [5.74, 6) is -0.247. The Morgan fingerprint density at radius 3 is 2.45 bits per heavy atom. The minimum Gasteiger partial charge on any atom is -0.302 e. The van der Waals surface area contributed by atoms with Crippen molar-refractivity contribution in [2.24, 2.45) is 0 Å². The lowest BCUT2D eigenvalue weighted by atomic mass is 10.2. The van der Waals surface area contributed by atoms with Gasteiger partial charge < -0.3 is 5.32 Å². The Hall–Kier alpha value is -2.36. The molecule has 4 aromatic rings. The van der Waals surface area contributed by atoms with E-state index in [9.17, 15) is 13.2 Å². The first-order valence-corrected chi connectivity index (χ1v) is 12.6. The van der Waals surface area contributed by atoms with E-state index in [0.717, 1.165) is 31.0 Å². The van der Waals surface area contributed by atoms with Gasteiger partial charge in [0.05, 0.1) is 36.9 Å². The molecule has 4 rings (SSSR count). The van der Waals surface area contributed by atoms with Gasteiger partial charge in [-0.1, -0.05) is 41.7 Å². The Morgan fingerprint density at radius 2 is 1.69 bits per heavy atom. The highest BCUT2D eigenvalue weighted by molar-refractivity contribution is 7.90. The zero-order chi connectivity index (χ0) is 20.4. The molecule has 1 N–H and O–H groups in total. The van der Waals surface area contributed by atoms with Crippen LogP contribution >= 0.6 is 22.7 Å². The van der Waals surface area contributed by atoms with Crippen LogP contribution in [0.25, 0.3) is 20.4 Å². The highest BCUT2D eigenvalue weighted by atomic mass is 32.2. The maximum atomic E-state index is 12.3. The van der Waals surface area contributed by atoms with Gasteiger partial charge in [-0.25, -0.2) is 18.4 Å². The number of amides is 1. The molecule has 2 heterocycles. The Labute approximate surface area is 176 Å². The van der Waals surface area contributed by atoms with Crippen LogP contribution in [0.1, 0.15) is 23.4 Å². The van der Waals surface area contributed by atoms with E-state index in [1.807, 2.05) is 37.3 Å². The molecular formula is C20H19N3O3S3. The van der Waals surface area contributed by atoms with Crippen molar-refractivity contribution in [3.8, 4) is 0 Å². The molecule has 0 spiro atoms. The van der Waals surface area contributed by atoms with Gasteiger partial charge in [0.15, 0.2) is 15.0 Å². The van der Waals surface area contributed by atoms with Gasteiger partial charge in [-0.15, -0.1) is 11.3 Å². The van der Waals surface area contributed by atoms with Crippen LogP contribution in [0.2, 0.25) is 0 Å². The minimum atomic E-state index is -3.24. The number of thiazole rings is 2. The quantitative estimate of drug-likeness (QED) is 0.451. The first kappa shape index (κ1) is 19.9. The van der Waals surface area contributed by atoms with E-state index >= 15 is 0 Å². The first-order valence-electron chi connectivity index (χ1n) is 9.10. The number of anilines is 1.